The lowest BCUT2D eigenvalue weighted by molar-refractivity contribution is 0.0471. The molecule has 0 aromatic heterocycles. The van der Waals surface area contributed by atoms with Crippen LogP contribution >= 0.6 is 0 Å². The fraction of sp³-hybridized carbons (Fsp3) is 0.933. The van der Waals surface area contributed by atoms with Gasteiger partial charge in [0.25, 0.3) is 0 Å². The lowest BCUT2D eigenvalue weighted by Crippen LogP contribution is -2.52. The van der Waals surface area contributed by atoms with Crippen LogP contribution in [0.3, 0.4) is 0 Å². The molecule has 118 valence electrons. The van der Waals surface area contributed by atoms with E-state index >= 15 is 0 Å². The number of hydrogen-bond acceptors (Lipinski definition) is 4. The molecule has 0 bridgehead atoms. The van der Waals surface area contributed by atoms with Gasteiger partial charge in [0.1, 0.15) is 5.60 Å². The molecule has 0 aliphatic carbocycles. The summed E-state index contributed by atoms with van der Waals surface area (Å²) >= 11 is 0. The third-order valence-corrected chi connectivity index (χ3v) is 3.30. The largest absolute Gasteiger partial charge is 0.444 e. The van der Waals surface area contributed by atoms with Crippen molar-refractivity contribution in [3.8, 4) is 0 Å². The maximum atomic E-state index is 11.8. The number of carbonyl (C=O) groups excluding carboxylic acids is 1. The van der Waals surface area contributed by atoms with Gasteiger partial charge in [-0.15, -0.1) is 0 Å². The number of piperidine rings is 1. The van der Waals surface area contributed by atoms with Crippen LogP contribution in [-0.2, 0) is 4.74 Å². The van der Waals surface area contributed by atoms with E-state index in [1.807, 2.05) is 34.6 Å². The van der Waals surface area contributed by atoms with Gasteiger partial charge in [-0.2, -0.15) is 0 Å². The Labute approximate surface area is 123 Å². The Morgan fingerprint density at radius 2 is 1.80 bits per heavy atom. The molecule has 1 aliphatic heterocycles. The average Bonchev–Trinajstić information content (AvgIpc) is 2.26. The minimum absolute atomic E-state index is 0.310. The van der Waals surface area contributed by atoms with Crippen molar-refractivity contribution < 1.29 is 9.53 Å². The number of alkyl carbamates (subject to hydrolysis) is 1. The fourth-order valence-corrected chi connectivity index (χ4v) is 2.30. The van der Waals surface area contributed by atoms with Gasteiger partial charge in [0.05, 0.1) is 5.54 Å². The predicted octanol–water partition coefficient (Wildman–Crippen LogP) is 1.88. The standard InChI is InChI=1S/C15H31N3O2/c1-14(2,3)20-13(19)18-15(4,5)11-17-10-12-6-8-16-9-7-12/h12,16-17H,6-11H2,1-5H3,(H,18,19). The molecule has 5 nitrogen and oxygen atoms in total. The highest BCUT2D eigenvalue weighted by molar-refractivity contribution is 5.68. The highest BCUT2D eigenvalue weighted by Gasteiger charge is 2.24. The Morgan fingerprint density at radius 1 is 1.20 bits per heavy atom. The van der Waals surface area contributed by atoms with Gasteiger partial charge in [-0.1, -0.05) is 0 Å². The van der Waals surface area contributed by atoms with Crippen molar-refractivity contribution in [2.24, 2.45) is 5.92 Å². The van der Waals surface area contributed by atoms with Gasteiger partial charge in [0.15, 0.2) is 0 Å². The summed E-state index contributed by atoms with van der Waals surface area (Å²) in [5.74, 6) is 0.744. The quantitative estimate of drug-likeness (QED) is 0.722. The Morgan fingerprint density at radius 3 is 2.35 bits per heavy atom. The smallest absolute Gasteiger partial charge is 0.408 e. The van der Waals surface area contributed by atoms with Crippen molar-refractivity contribution in [1.29, 1.82) is 0 Å². The predicted molar refractivity (Wildman–Crippen MR) is 81.9 cm³/mol. The van der Waals surface area contributed by atoms with Gasteiger partial charge in [-0.05, 0) is 73.0 Å². The van der Waals surface area contributed by atoms with Gasteiger partial charge in [0, 0.05) is 6.54 Å². The Hall–Kier alpha value is -0.810. The van der Waals surface area contributed by atoms with Gasteiger partial charge < -0.3 is 20.7 Å². The van der Waals surface area contributed by atoms with Crippen molar-refractivity contribution >= 4 is 6.09 Å². The molecule has 3 N–H and O–H groups in total. The molecule has 0 aromatic carbocycles. The van der Waals surface area contributed by atoms with E-state index in [1.165, 1.54) is 12.8 Å². The van der Waals surface area contributed by atoms with E-state index in [0.717, 1.165) is 32.1 Å². The maximum absolute atomic E-state index is 11.8. The topological polar surface area (TPSA) is 62.4 Å². The van der Waals surface area contributed by atoms with Crippen molar-refractivity contribution in [1.82, 2.24) is 16.0 Å². The van der Waals surface area contributed by atoms with Crippen LogP contribution in [-0.4, -0.2) is 43.4 Å². The summed E-state index contributed by atoms with van der Waals surface area (Å²) in [7, 11) is 0. The van der Waals surface area contributed by atoms with Crippen LogP contribution in [0, 0.1) is 5.92 Å². The van der Waals surface area contributed by atoms with E-state index in [1.54, 1.807) is 0 Å². The second-order valence-electron chi connectivity index (χ2n) is 7.34. The summed E-state index contributed by atoms with van der Waals surface area (Å²) in [6.07, 6.45) is 2.10. The molecule has 5 heteroatoms. The Kier molecular flexibility index (Phi) is 6.27. The number of nitrogens with one attached hydrogen (secondary N) is 3. The highest BCUT2D eigenvalue weighted by Crippen LogP contribution is 2.11. The van der Waals surface area contributed by atoms with Gasteiger partial charge in [0.2, 0.25) is 0 Å². The third kappa shape index (κ3) is 7.70. The number of hydrogen-bond donors (Lipinski definition) is 3. The van der Waals surface area contributed by atoms with Crippen LogP contribution in [0.15, 0.2) is 0 Å². The molecular formula is C15H31N3O2. The zero-order valence-corrected chi connectivity index (χ0v) is 13.6. The summed E-state index contributed by atoms with van der Waals surface area (Å²) in [6, 6.07) is 0. The Bertz CT molecular complexity index is 305. The van der Waals surface area contributed by atoms with Crippen LogP contribution < -0.4 is 16.0 Å². The SMILES string of the molecule is CC(C)(CNCC1CCNCC1)NC(=O)OC(C)(C)C. The van der Waals surface area contributed by atoms with Crippen molar-refractivity contribution in [3.63, 3.8) is 0 Å². The lowest BCUT2D eigenvalue weighted by atomic mass is 9.97. The monoisotopic (exact) mass is 285 g/mol. The second-order valence-corrected chi connectivity index (χ2v) is 7.34. The highest BCUT2D eigenvalue weighted by atomic mass is 16.6. The summed E-state index contributed by atoms with van der Waals surface area (Å²) in [4.78, 5) is 11.8. The number of carbonyl (C=O) groups is 1. The van der Waals surface area contributed by atoms with Crippen LogP contribution in [0.1, 0.15) is 47.5 Å². The van der Waals surface area contributed by atoms with Gasteiger partial charge in [-0.3, -0.25) is 0 Å². The molecule has 0 radical (unpaired) electrons. The first-order valence-electron chi connectivity index (χ1n) is 7.60. The normalized spacial score (nSPS) is 17.9. The first kappa shape index (κ1) is 17.2. The number of amides is 1. The first-order valence-corrected chi connectivity index (χ1v) is 7.60. The zero-order valence-electron chi connectivity index (χ0n) is 13.6. The minimum Gasteiger partial charge on any atom is -0.444 e. The summed E-state index contributed by atoms with van der Waals surface area (Å²) in [5.41, 5.74) is -0.766. The minimum atomic E-state index is -0.456. The molecule has 0 spiro atoms. The number of ether oxygens (including phenoxy) is 1. The molecule has 1 aliphatic rings. The molecule has 1 heterocycles. The molecule has 1 rings (SSSR count). The van der Waals surface area contributed by atoms with E-state index < -0.39 is 5.60 Å². The van der Waals surface area contributed by atoms with E-state index in [4.69, 9.17) is 4.74 Å². The lowest BCUT2D eigenvalue weighted by Gasteiger charge is -2.30. The van der Waals surface area contributed by atoms with E-state index in [-0.39, 0.29) is 11.6 Å². The first-order chi connectivity index (χ1) is 9.18. The number of rotatable bonds is 5. The molecule has 1 saturated heterocycles. The Balaban J connectivity index is 2.24. The average molecular weight is 285 g/mol. The fourth-order valence-electron chi connectivity index (χ4n) is 2.30. The van der Waals surface area contributed by atoms with E-state index in [9.17, 15) is 4.79 Å². The molecule has 0 atom stereocenters. The molecule has 1 amide bonds. The molecule has 0 unspecified atom stereocenters. The molecule has 20 heavy (non-hydrogen) atoms. The maximum Gasteiger partial charge on any atom is 0.408 e. The molecule has 0 saturated carbocycles. The van der Waals surface area contributed by atoms with Crippen LogP contribution in [0.25, 0.3) is 0 Å². The van der Waals surface area contributed by atoms with E-state index in [2.05, 4.69) is 16.0 Å². The molecule has 1 fully saturated rings. The van der Waals surface area contributed by atoms with Crippen molar-refractivity contribution in [2.75, 3.05) is 26.2 Å². The van der Waals surface area contributed by atoms with Crippen LogP contribution in [0.2, 0.25) is 0 Å². The zero-order chi connectivity index (χ0) is 15.2. The second kappa shape index (κ2) is 7.27. The van der Waals surface area contributed by atoms with E-state index in [0.29, 0.717) is 0 Å². The van der Waals surface area contributed by atoms with Crippen LogP contribution in [0.5, 0.6) is 0 Å². The van der Waals surface area contributed by atoms with Crippen molar-refractivity contribution in [3.05, 3.63) is 0 Å². The van der Waals surface area contributed by atoms with Gasteiger partial charge >= 0.3 is 6.09 Å². The summed E-state index contributed by atoms with van der Waals surface area (Å²) in [6.45, 7) is 13.6. The molecule has 0 aromatic rings. The van der Waals surface area contributed by atoms with Gasteiger partial charge in [-0.25, -0.2) is 4.79 Å². The third-order valence-electron chi connectivity index (χ3n) is 3.30. The summed E-state index contributed by atoms with van der Waals surface area (Å²) < 4.78 is 5.28. The van der Waals surface area contributed by atoms with Crippen LogP contribution in [0.4, 0.5) is 4.79 Å². The molecular weight excluding hydrogens is 254 g/mol. The summed E-state index contributed by atoms with van der Waals surface area (Å²) in [5, 5.41) is 9.75. The van der Waals surface area contributed by atoms with Crippen molar-refractivity contribution in [2.45, 2.75) is 58.6 Å².